The summed E-state index contributed by atoms with van der Waals surface area (Å²) in [6.07, 6.45) is 1.06. The normalized spacial score (nSPS) is 11.9. The van der Waals surface area contributed by atoms with Crippen LogP contribution in [0.4, 0.5) is 15.8 Å². The van der Waals surface area contributed by atoms with Gasteiger partial charge < -0.3 is 10.6 Å². The molecule has 144 valence electrons. The second kappa shape index (κ2) is 9.83. The van der Waals surface area contributed by atoms with Gasteiger partial charge in [-0.2, -0.15) is 0 Å². The summed E-state index contributed by atoms with van der Waals surface area (Å²) < 4.78 is 13.1. The number of anilines is 2. The molecular formula is C21H26FN3O2. The fraction of sp³-hybridized carbons (Fsp3) is 0.333. The SMILES string of the molecule is CC[C@@H](C)c1ccc(NC(=O)CN(C)CC(=O)Nc2cccc(F)c2)cc1. The Morgan fingerprint density at radius 3 is 2.15 bits per heavy atom. The third kappa shape index (κ3) is 6.83. The summed E-state index contributed by atoms with van der Waals surface area (Å²) in [5, 5.41) is 5.43. The largest absolute Gasteiger partial charge is 0.325 e. The zero-order chi connectivity index (χ0) is 19.8. The van der Waals surface area contributed by atoms with E-state index in [0.29, 0.717) is 11.6 Å². The first-order valence-electron chi connectivity index (χ1n) is 9.01. The number of nitrogens with zero attached hydrogens (tertiary/aromatic N) is 1. The minimum atomic E-state index is -0.417. The molecule has 1 atom stereocenters. The number of carbonyl (C=O) groups excluding carboxylic acids is 2. The lowest BCUT2D eigenvalue weighted by molar-refractivity contribution is -0.119. The van der Waals surface area contributed by atoms with Crippen LogP contribution in [0.25, 0.3) is 0 Å². The van der Waals surface area contributed by atoms with Crippen molar-refractivity contribution in [3.05, 3.63) is 59.9 Å². The molecule has 0 heterocycles. The number of nitrogens with one attached hydrogen (secondary N) is 2. The number of hydrogen-bond donors (Lipinski definition) is 2. The Hall–Kier alpha value is -2.73. The van der Waals surface area contributed by atoms with Crippen LogP contribution in [0, 0.1) is 5.82 Å². The number of likely N-dealkylation sites (N-methyl/N-ethyl adjacent to an activating group) is 1. The van der Waals surface area contributed by atoms with Crippen molar-refractivity contribution in [3.8, 4) is 0 Å². The highest BCUT2D eigenvalue weighted by Gasteiger charge is 2.12. The molecule has 0 unspecified atom stereocenters. The van der Waals surface area contributed by atoms with Gasteiger partial charge in [0.05, 0.1) is 13.1 Å². The average Bonchev–Trinajstić information content (AvgIpc) is 2.61. The van der Waals surface area contributed by atoms with Crippen molar-refractivity contribution in [3.63, 3.8) is 0 Å². The first-order valence-corrected chi connectivity index (χ1v) is 9.01. The Balaban J connectivity index is 1.80. The molecule has 0 bridgehead atoms. The van der Waals surface area contributed by atoms with E-state index in [4.69, 9.17) is 0 Å². The Kier molecular flexibility index (Phi) is 7.49. The van der Waals surface area contributed by atoms with Gasteiger partial charge in [0.1, 0.15) is 5.82 Å². The van der Waals surface area contributed by atoms with Crippen molar-refractivity contribution >= 4 is 23.2 Å². The lowest BCUT2D eigenvalue weighted by Crippen LogP contribution is -2.36. The van der Waals surface area contributed by atoms with E-state index in [2.05, 4.69) is 24.5 Å². The first-order chi connectivity index (χ1) is 12.9. The maximum atomic E-state index is 13.1. The predicted octanol–water partition coefficient (Wildman–Crippen LogP) is 3.85. The van der Waals surface area contributed by atoms with Crippen molar-refractivity contribution in [2.75, 3.05) is 30.8 Å². The monoisotopic (exact) mass is 371 g/mol. The molecular weight excluding hydrogens is 345 g/mol. The number of carbonyl (C=O) groups is 2. The molecule has 0 saturated carbocycles. The van der Waals surface area contributed by atoms with Crippen molar-refractivity contribution in [1.82, 2.24) is 4.90 Å². The number of amides is 2. The molecule has 2 aromatic rings. The van der Waals surface area contributed by atoms with Gasteiger partial charge in [-0.3, -0.25) is 14.5 Å². The van der Waals surface area contributed by atoms with E-state index in [9.17, 15) is 14.0 Å². The lowest BCUT2D eigenvalue weighted by atomic mass is 9.99. The smallest absolute Gasteiger partial charge is 0.238 e. The van der Waals surface area contributed by atoms with Gasteiger partial charge in [0, 0.05) is 11.4 Å². The number of hydrogen-bond acceptors (Lipinski definition) is 3. The summed E-state index contributed by atoms with van der Waals surface area (Å²) in [5.41, 5.74) is 2.35. The van der Waals surface area contributed by atoms with Gasteiger partial charge in [-0.05, 0) is 55.3 Å². The Morgan fingerprint density at radius 1 is 1.00 bits per heavy atom. The molecule has 0 fully saturated rings. The molecule has 0 aliphatic carbocycles. The van der Waals surface area contributed by atoms with Crippen LogP contribution >= 0.6 is 0 Å². The molecule has 0 spiro atoms. The van der Waals surface area contributed by atoms with Crippen LogP contribution < -0.4 is 10.6 Å². The summed E-state index contributed by atoms with van der Waals surface area (Å²) in [7, 11) is 1.68. The molecule has 0 aromatic heterocycles. The molecule has 27 heavy (non-hydrogen) atoms. The summed E-state index contributed by atoms with van der Waals surface area (Å²) in [5.74, 6) is -0.446. The first kappa shape index (κ1) is 20.6. The Morgan fingerprint density at radius 2 is 1.59 bits per heavy atom. The van der Waals surface area contributed by atoms with Gasteiger partial charge in [0.25, 0.3) is 0 Å². The van der Waals surface area contributed by atoms with Gasteiger partial charge in [-0.1, -0.05) is 32.0 Å². The average molecular weight is 371 g/mol. The third-order valence-corrected chi connectivity index (χ3v) is 4.31. The van der Waals surface area contributed by atoms with Crippen LogP contribution in [0.3, 0.4) is 0 Å². The van der Waals surface area contributed by atoms with Crippen LogP contribution in [0.1, 0.15) is 31.7 Å². The van der Waals surface area contributed by atoms with Gasteiger partial charge in [-0.15, -0.1) is 0 Å². The van der Waals surface area contributed by atoms with Gasteiger partial charge >= 0.3 is 0 Å². The summed E-state index contributed by atoms with van der Waals surface area (Å²) in [6, 6.07) is 13.5. The highest BCUT2D eigenvalue weighted by atomic mass is 19.1. The molecule has 0 aliphatic heterocycles. The zero-order valence-corrected chi connectivity index (χ0v) is 16.0. The molecule has 5 nitrogen and oxygen atoms in total. The van der Waals surface area contributed by atoms with Gasteiger partial charge in [0.15, 0.2) is 0 Å². The van der Waals surface area contributed by atoms with Crippen molar-refractivity contribution in [1.29, 1.82) is 0 Å². The van der Waals surface area contributed by atoms with E-state index in [0.717, 1.165) is 12.1 Å². The fourth-order valence-corrected chi connectivity index (χ4v) is 2.64. The van der Waals surface area contributed by atoms with Gasteiger partial charge in [-0.25, -0.2) is 4.39 Å². The zero-order valence-electron chi connectivity index (χ0n) is 16.0. The van der Waals surface area contributed by atoms with E-state index in [-0.39, 0.29) is 24.9 Å². The highest BCUT2D eigenvalue weighted by Crippen LogP contribution is 2.20. The Labute approximate surface area is 159 Å². The number of benzene rings is 2. The van der Waals surface area contributed by atoms with E-state index < -0.39 is 5.82 Å². The minimum absolute atomic E-state index is 0.0247. The topological polar surface area (TPSA) is 61.4 Å². The van der Waals surface area contributed by atoms with E-state index >= 15 is 0 Å². The van der Waals surface area contributed by atoms with E-state index in [1.165, 1.54) is 23.8 Å². The predicted molar refractivity (Wildman–Crippen MR) is 106 cm³/mol. The van der Waals surface area contributed by atoms with Crippen LogP contribution in [0.15, 0.2) is 48.5 Å². The molecule has 0 radical (unpaired) electrons. The third-order valence-electron chi connectivity index (χ3n) is 4.31. The molecule has 2 N–H and O–H groups in total. The van der Waals surface area contributed by atoms with E-state index in [1.54, 1.807) is 18.0 Å². The molecule has 6 heteroatoms. The van der Waals surface area contributed by atoms with Crippen LogP contribution in [0.2, 0.25) is 0 Å². The maximum absolute atomic E-state index is 13.1. The molecule has 0 saturated heterocycles. The van der Waals surface area contributed by atoms with Gasteiger partial charge in [0.2, 0.25) is 11.8 Å². The highest BCUT2D eigenvalue weighted by molar-refractivity contribution is 5.94. The number of rotatable bonds is 8. The molecule has 0 aliphatic rings. The molecule has 2 amide bonds. The molecule has 2 aromatic carbocycles. The standard InChI is InChI=1S/C21H26FN3O2/c1-4-15(2)16-8-10-18(11-9-16)23-20(26)13-25(3)14-21(27)24-19-7-5-6-17(22)12-19/h5-12,15H,4,13-14H2,1-3H3,(H,23,26)(H,24,27)/t15-/m1/s1. The number of halogens is 1. The van der Waals surface area contributed by atoms with E-state index in [1.807, 2.05) is 24.3 Å². The van der Waals surface area contributed by atoms with Crippen molar-refractivity contribution < 1.29 is 14.0 Å². The quantitative estimate of drug-likeness (QED) is 0.741. The van der Waals surface area contributed by atoms with Crippen LogP contribution in [0.5, 0.6) is 0 Å². The summed E-state index contributed by atoms with van der Waals surface area (Å²) >= 11 is 0. The lowest BCUT2D eigenvalue weighted by Gasteiger charge is -2.16. The summed E-state index contributed by atoms with van der Waals surface area (Å²) in [4.78, 5) is 25.7. The Bertz CT molecular complexity index is 777. The maximum Gasteiger partial charge on any atom is 0.238 e. The van der Waals surface area contributed by atoms with Crippen LogP contribution in [-0.2, 0) is 9.59 Å². The van der Waals surface area contributed by atoms with Crippen molar-refractivity contribution in [2.24, 2.45) is 0 Å². The second-order valence-corrected chi connectivity index (χ2v) is 6.71. The molecule has 2 rings (SSSR count). The fourth-order valence-electron chi connectivity index (χ4n) is 2.64. The second-order valence-electron chi connectivity index (χ2n) is 6.71. The van der Waals surface area contributed by atoms with Crippen LogP contribution in [-0.4, -0.2) is 36.9 Å². The minimum Gasteiger partial charge on any atom is -0.325 e. The summed E-state index contributed by atoms with van der Waals surface area (Å²) in [6.45, 7) is 4.40. The van der Waals surface area contributed by atoms with Crippen molar-refractivity contribution in [2.45, 2.75) is 26.2 Å².